The molecule has 0 aromatic rings. The van der Waals surface area contributed by atoms with Crippen molar-refractivity contribution in [2.45, 2.75) is 70.8 Å². The van der Waals surface area contributed by atoms with Gasteiger partial charge in [0.25, 0.3) is 0 Å². The fraction of sp³-hybridized carbons (Fsp3) is 1.00. The molecule has 0 spiro atoms. The fourth-order valence-electron chi connectivity index (χ4n) is 2.86. The van der Waals surface area contributed by atoms with Crippen LogP contribution in [0.2, 0.25) is 0 Å². The van der Waals surface area contributed by atoms with E-state index in [1.54, 1.807) is 0 Å². The molecule has 0 heterocycles. The summed E-state index contributed by atoms with van der Waals surface area (Å²) >= 11 is 0. The molecule has 2 heteroatoms. The zero-order valence-electron chi connectivity index (χ0n) is 11.2. The average molecular weight is 227 g/mol. The van der Waals surface area contributed by atoms with Crippen LogP contribution < -0.4 is 0 Å². The van der Waals surface area contributed by atoms with E-state index in [0.29, 0.717) is 0 Å². The molecule has 0 bridgehead atoms. The molecule has 0 aromatic heterocycles. The third kappa shape index (κ3) is 4.84. The standard InChI is InChI=1S/C14H29NO/c1-3-11-15(12-4-2)13-14(16)9-7-5-6-8-10-14/h16H,3-13H2,1-2H3. The number of hydrogen-bond acceptors (Lipinski definition) is 2. The first-order chi connectivity index (χ1) is 7.70. The quantitative estimate of drug-likeness (QED) is 0.704. The maximum atomic E-state index is 10.6. The maximum Gasteiger partial charge on any atom is 0.0774 e. The van der Waals surface area contributed by atoms with E-state index in [4.69, 9.17) is 0 Å². The lowest BCUT2D eigenvalue weighted by molar-refractivity contribution is -0.00937. The Bertz CT molecular complexity index is 168. The zero-order valence-corrected chi connectivity index (χ0v) is 11.2. The molecule has 96 valence electrons. The summed E-state index contributed by atoms with van der Waals surface area (Å²) in [5, 5.41) is 10.6. The summed E-state index contributed by atoms with van der Waals surface area (Å²) in [5.74, 6) is 0. The molecule has 16 heavy (non-hydrogen) atoms. The largest absolute Gasteiger partial charge is 0.389 e. The smallest absolute Gasteiger partial charge is 0.0774 e. The highest BCUT2D eigenvalue weighted by molar-refractivity contribution is 4.84. The van der Waals surface area contributed by atoms with Gasteiger partial charge in [-0.2, -0.15) is 0 Å². The van der Waals surface area contributed by atoms with E-state index in [1.165, 1.54) is 38.5 Å². The minimum Gasteiger partial charge on any atom is -0.389 e. The van der Waals surface area contributed by atoms with Gasteiger partial charge in [-0.15, -0.1) is 0 Å². The van der Waals surface area contributed by atoms with Crippen molar-refractivity contribution in [1.82, 2.24) is 4.90 Å². The van der Waals surface area contributed by atoms with Gasteiger partial charge in [-0.1, -0.05) is 39.5 Å². The summed E-state index contributed by atoms with van der Waals surface area (Å²) in [6.45, 7) is 7.61. The van der Waals surface area contributed by atoms with Crippen molar-refractivity contribution in [2.75, 3.05) is 19.6 Å². The van der Waals surface area contributed by atoms with Gasteiger partial charge in [-0.05, 0) is 38.8 Å². The molecular formula is C14H29NO. The minimum absolute atomic E-state index is 0.388. The molecule has 0 aliphatic heterocycles. The lowest BCUT2D eigenvalue weighted by Crippen LogP contribution is -2.43. The van der Waals surface area contributed by atoms with Crippen LogP contribution in [0.15, 0.2) is 0 Å². The minimum atomic E-state index is -0.388. The molecule has 1 aliphatic rings. The predicted octanol–water partition coefficient (Wildman–Crippen LogP) is 3.19. The van der Waals surface area contributed by atoms with Crippen molar-refractivity contribution >= 4 is 0 Å². The molecule has 1 saturated carbocycles. The molecule has 1 rings (SSSR count). The SMILES string of the molecule is CCCN(CCC)CC1(O)CCCCCC1. The molecule has 0 atom stereocenters. The van der Waals surface area contributed by atoms with Crippen LogP contribution in [0.4, 0.5) is 0 Å². The Morgan fingerprint density at radius 1 is 0.938 bits per heavy atom. The van der Waals surface area contributed by atoms with E-state index < -0.39 is 0 Å². The van der Waals surface area contributed by atoms with Crippen LogP contribution in [0.25, 0.3) is 0 Å². The normalized spacial score (nSPS) is 21.0. The van der Waals surface area contributed by atoms with Gasteiger partial charge in [-0.3, -0.25) is 0 Å². The monoisotopic (exact) mass is 227 g/mol. The summed E-state index contributed by atoms with van der Waals surface area (Å²) in [5.41, 5.74) is -0.388. The molecule has 1 aliphatic carbocycles. The topological polar surface area (TPSA) is 23.5 Å². The first kappa shape index (κ1) is 14.0. The first-order valence-electron chi connectivity index (χ1n) is 7.15. The van der Waals surface area contributed by atoms with Crippen LogP contribution in [0, 0.1) is 0 Å². The molecule has 2 nitrogen and oxygen atoms in total. The van der Waals surface area contributed by atoms with Gasteiger partial charge in [0.05, 0.1) is 5.60 Å². The highest BCUT2D eigenvalue weighted by Gasteiger charge is 2.29. The van der Waals surface area contributed by atoms with E-state index in [0.717, 1.165) is 32.5 Å². The number of hydrogen-bond donors (Lipinski definition) is 1. The van der Waals surface area contributed by atoms with Gasteiger partial charge in [0.1, 0.15) is 0 Å². The Morgan fingerprint density at radius 2 is 1.44 bits per heavy atom. The lowest BCUT2D eigenvalue weighted by Gasteiger charge is -2.33. The van der Waals surface area contributed by atoms with Gasteiger partial charge in [-0.25, -0.2) is 0 Å². The third-order valence-electron chi connectivity index (χ3n) is 3.63. The van der Waals surface area contributed by atoms with E-state index >= 15 is 0 Å². The zero-order chi connectivity index (χ0) is 11.9. The highest BCUT2D eigenvalue weighted by Crippen LogP contribution is 2.27. The van der Waals surface area contributed by atoms with Crippen molar-refractivity contribution in [1.29, 1.82) is 0 Å². The second-order valence-electron chi connectivity index (χ2n) is 5.41. The molecule has 1 N–H and O–H groups in total. The van der Waals surface area contributed by atoms with Gasteiger partial charge in [0.2, 0.25) is 0 Å². The summed E-state index contributed by atoms with van der Waals surface area (Å²) in [4.78, 5) is 2.45. The average Bonchev–Trinajstić information content (AvgIpc) is 2.44. The second-order valence-corrected chi connectivity index (χ2v) is 5.41. The highest BCUT2D eigenvalue weighted by atomic mass is 16.3. The molecule has 0 radical (unpaired) electrons. The van der Waals surface area contributed by atoms with E-state index in [-0.39, 0.29) is 5.60 Å². The van der Waals surface area contributed by atoms with Crippen molar-refractivity contribution in [2.24, 2.45) is 0 Å². The molecular weight excluding hydrogens is 198 g/mol. The van der Waals surface area contributed by atoms with E-state index in [9.17, 15) is 5.11 Å². The first-order valence-corrected chi connectivity index (χ1v) is 7.15. The van der Waals surface area contributed by atoms with Crippen molar-refractivity contribution in [3.05, 3.63) is 0 Å². The van der Waals surface area contributed by atoms with E-state index in [1.807, 2.05) is 0 Å². The van der Waals surface area contributed by atoms with Crippen molar-refractivity contribution in [3.8, 4) is 0 Å². The Morgan fingerprint density at radius 3 is 1.88 bits per heavy atom. The Labute approximate surface area is 101 Å². The second kappa shape index (κ2) is 7.29. The van der Waals surface area contributed by atoms with Gasteiger partial charge < -0.3 is 10.0 Å². The Balaban J connectivity index is 2.45. The van der Waals surface area contributed by atoms with Gasteiger partial charge in [0, 0.05) is 6.54 Å². The maximum absolute atomic E-state index is 10.6. The molecule has 0 aromatic carbocycles. The Kier molecular flexibility index (Phi) is 6.37. The molecule has 0 amide bonds. The van der Waals surface area contributed by atoms with Crippen LogP contribution >= 0.6 is 0 Å². The van der Waals surface area contributed by atoms with Crippen molar-refractivity contribution in [3.63, 3.8) is 0 Å². The van der Waals surface area contributed by atoms with Gasteiger partial charge in [0.15, 0.2) is 0 Å². The third-order valence-corrected chi connectivity index (χ3v) is 3.63. The molecule has 1 fully saturated rings. The number of nitrogens with zero attached hydrogens (tertiary/aromatic N) is 1. The van der Waals surface area contributed by atoms with Crippen LogP contribution in [0.5, 0.6) is 0 Å². The fourth-order valence-corrected chi connectivity index (χ4v) is 2.86. The molecule has 0 saturated heterocycles. The summed E-state index contributed by atoms with van der Waals surface area (Å²) in [7, 11) is 0. The predicted molar refractivity (Wildman–Crippen MR) is 69.7 cm³/mol. The lowest BCUT2D eigenvalue weighted by atomic mass is 9.93. The molecule has 0 unspecified atom stereocenters. The summed E-state index contributed by atoms with van der Waals surface area (Å²) in [6.07, 6.45) is 9.44. The van der Waals surface area contributed by atoms with E-state index in [2.05, 4.69) is 18.7 Å². The van der Waals surface area contributed by atoms with Crippen LogP contribution in [-0.4, -0.2) is 35.2 Å². The Hall–Kier alpha value is -0.0800. The summed E-state index contributed by atoms with van der Waals surface area (Å²) in [6, 6.07) is 0. The van der Waals surface area contributed by atoms with Gasteiger partial charge >= 0.3 is 0 Å². The van der Waals surface area contributed by atoms with Crippen molar-refractivity contribution < 1.29 is 5.11 Å². The van der Waals surface area contributed by atoms with Crippen LogP contribution in [0.1, 0.15) is 65.2 Å². The number of rotatable bonds is 6. The number of aliphatic hydroxyl groups is 1. The van der Waals surface area contributed by atoms with Crippen LogP contribution in [0.3, 0.4) is 0 Å². The van der Waals surface area contributed by atoms with Crippen LogP contribution in [-0.2, 0) is 0 Å². The summed E-state index contributed by atoms with van der Waals surface area (Å²) < 4.78 is 0.